The Morgan fingerprint density at radius 1 is 1.27 bits per heavy atom. The van der Waals surface area contributed by atoms with Gasteiger partial charge in [-0.25, -0.2) is 4.79 Å². The molecule has 1 aromatic carbocycles. The van der Waals surface area contributed by atoms with E-state index in [1.807, 2.05) is 19.1 Å². The lowest BCUT2D eigenvalue weighted by molar-refractivity contribution is -0.139. The number of aryl methyl sites for hydroxylation is 1. The summed E-state index contributed by atoms with van der Waals surface area (Å²) >= 11 is 11.4. The van der Waals surface area contributed by atoms with Crippen LogP contribution in [0.4, 0.5) is 4.79 Å². The zero-order chi connectivity index (χ0) is 16.5. The largest absolute Gasteiger partial charge is 0.468 e. The van der Waals surface area contributed by atoms with Crippen LogP contribution in [0.5, 0.6) is 0 Å². The molecule has 0 unspecified atom stereocenters. The van der Waals surface area contributed by atoms with Gasteiger partial charge in [-0.1, -0.05) is 29.3 Å². The fourth-order valence-corrected chi connectivity index (χ4v) is 2.23. The number of likely N-dealkylation sites (tertiary alicyclic amines) is 1. The van der Waals surface area contributed by atoms with E-state index in [-0.39, 0.29) is 12.6 Å². The summed E-state index contributed by atoms with van der Waals surface area (Å²) in [5.74, 6) is -0.424. The first-order valence-electron chi connectivity index (χ1n) is 6.95. The van der Waals surface area contributed by atoms with Gasteiger partial charge in [0.05, 0.1) is 7.11 Å². The third-order valence-electron chi connectivity index (χ3n) is 3.14. The molecule has 0 aromatic heterocycles. The minimum Gasteiger partial charge on any atom is -0.468 e. The molecule has 0 spiro atoms. The van der Waals surface area contributed by atoms with Crippen molar-refractivity contribution < 1.29 is 14.3 Å². The molecule has 5 nitrogen and oxygen atoms in total. The predicted molar refractivity (Wildman–Crippen MR) is 87.4 cm³/mol. The molecule has 2 amide bonds. The first-order valence-corrected chi connectivity index (χ1v) is 7.71. The van der Waals surface area contributed by atoms with E-state index in [0.29, 0.717) is 5.02 Å². The Hall–Kier alpha value is -1.46. The molecule has 0 radical (unpaired) electrons. The summed E-state index contributed by atoms with van der Waals surface area (Å²) in [6, 6.07) is 5.27. The van der Waals surface area contributed by atoms with Gasteiger partial charge >= 0.3 is 12.0 Å². The summed E-state index contributed by atoms with van der Waals surface area (Å²) in [5, 5.41) is 3.90. The Kier molecular flexibility index (Phi) is 8.06. The second-order valence-electron chi connectivity index (χ2n) is 4.82. The molecule has 2 rings (SSSR count). The maximum absolute atomic E-state index is 11.3. The highest BCUT2D eigenvalue weighted by Crippen LogP contribution is 2.19. The van der Waals surface area contributed by atoms with Crippen LogP contribution in [0, 0.1) is 6.92 Å². The third-order valence-corrected chi connectivity index (χ3v) is 3.78. The molecule has 1 aromatic rings. The predicted octanol–water partition coefficient (Wildman–Crippen LogP) is 3.27. The Labute approximate surface area is 140 Å². The molecule has 1 aliphatic rings. The van der Waals surface area contributed by atoms with Crippen LogP contribution in [0.25, 0.3) is 0 Å². The van der Waals surface area contributed by atoms with Crippen LogP contribution in [0.1, 0.15) is 18.4 Å². The number of carbonyl (C=O) groups is 2. The molecule has 7 heteroatoms. The van der Waals surface area contributed by atoms with Crippen molar-refractivity contribution in [3.05, 3.63) is 33.8 Å². The number of esters is 1. The van der Waals surface area contributed by atoms with Crippen LogP contribution in [0.15, 0.2) is 18.2 Å². The van der Waals surface area contributed by atoms with E-state index in [4.69, 9.17) is 23.2 Å². The van der Waals surface area contributed by atoms with Gasteiger partial charge in [0.15, 0.2) is 0 Å². The molecule has 1 fully saturated rings. The molecule has 122 valence electrons. The van der Waals surface area contributed by atoms with E-state index in [2.05, 4.69) is 10.1 Å². The molecule has 1 saturated heterocycles. The van der Waals surface area contributed by atoms with Crippen molar-refractivity contribution >= 4 is 35.2 Å². The standard InChI is InChI=1S/C8H14N2O3.C7H6Cl2/c1-13-7(11)6-9-8(12)10-4-2-3-5-10;1-5-2-3-6(8)4-7(5)9/h2-6H2,1H3,(H,9,12);2-4H,1H3. The highest BCUT2D eigenvalue weighted by Gasteiger charge is 2.17. The number of urea groups is 1. The molecule has 22 heavy (non-hydrogen) atoms. The van der Waals surface area contributed by atoms with Gasteiger partial charge in [0.2, 0.25) is 0 Å². The second-order valence-corrected chi connectivity index (χ2v) is 5.67. The van der Waals surface area contributed by atoms with Crippen LogP contribution >= 0.6 is 23.2 Å². The minimum atomic E-state index is -0.424. The van der Waals surface area contributed by atoms with Gasteiger partial charge in [-0.2, -0.15) is 0 Å². The summed E-state index contributed by atoms with van der Waals surface area (Å²) in [6.07, 6.45) is 2.09. The van der Waals surface area contributed by atoms with E-state index in [0.717, 1.165) is 36.5 Å². The van der Waals surface area contributed by atoms with E-state index >= 15 is 0 Å². The Balaban J connectivity index is 0.000000235. The fourth-order valence-electron chi connectivity index (χ4n) is 1.82. The molecule has 1 N–H and O–H groups in total. The monoisotopic (exact) mass is 346 g/mol. The van der Waals surface area contributed by atoms with E-state index in [1.54, 1.807) is 11.0 Å². The van der Waals surface area contributed by atoms with Crippen LogP contribution in [0.2, 0.25) is 10.0 Å². The topological polar surface area (TPSA) is 58.6 Å². The van der Waals surface area contributed by atoms with E-state index in [1.165, 1.54) is 7.11 Å². The fraction of sp³-hybridized carbons (Fsp3) is 0.467. The van der Waals surface area contributed by atoms with Crippen molar-refractivity contribution in [1.82, 2.24) is 10.2 Å². The number of halogens is 2. The number of methoxy groups -OCH3 is 1. The number of benzene rings is 1. The number of nitrogens with zero attached hydrogens (tertiary/aromatic N) is 1. The molecular formula is C15H20Cl2N2O3. The number of hydrogen-bond donors (Lipinski definition) is 1. The van der Waals surface area contributed by atoms with Gasteiger partial charge in [0.25, 0.3) is 0 Å². The molecule has 1 heterocycles. The second kappa shape index (κ2) is 9.54. The molecule has 0 atom stereocenters. The number of rotatable bonds is 2. The molecular weight excluding hydrogens is 327 g/mol. The molecule has 0 bridgehead atoms. The average molecular weight is 347 g/mol. The van der Waals surface area contributed by atoms with Gasteiger partial charge in [-0.05, 0) is 37.5 Å². The van der Waals surface area contributed by atoms with Crippen LogP contribution in [0.3, 0.4) is 0 Å². The summed E-state index contributed by atoms with van der Waals surface area (Å²) in [6.45, 7) is 3.46. The van der Waals surface area contributed by atoms with Gasteiger partial charge in [-0.3, -0.25) is 4.79 Å². The number of hydrogen-bond acceptors (Lipinski definition) is 3. The minimum absolute atomic E-state index is 0.0498. The highest BCUT2D eigenvalue weighted by atomic mass is 35.5. The molecule has 1 aliphatic heterocycles. The maximum Gasteiger partial charge on any atom is 0.325 e. The zero-order valence-corrected chi connectivity index (χ0v) is 14.2. The van der Waals surface area contributed by atoms with Crippen LogP contribution in [-0.4, -0.2) is 43.6 Å². The third kappa shape index (κ3) is 6.54. The van der Waals surface area contributed by atoms with Crippen molar-refractivity contribution in [1.29, 1.82) is 0 Å². The normalized spacial score (nSPS) is 13.2. The van der Waals surface area contributed by atoms with Crippen molar-refractivity contribution in [3.8, 4) is 0 Å². The average Bonchev–Trinajstić information content (AvgIpc) is 3.03. The smallest absolute Gasteiger partial charge is 0.325 e. The quantitative estimate of drug-likeness (QED) is 0.836. The zero-order valence-electron chi connectivity index (χ0n) is 12.7. The van der Waals surface area contributed by atoms with E-state index in [9.17, 15) is 9.59 Å². The summed E-state index contributed by atoms with van der Waals surface area (Å²) in [5.41, 5.74) is 1.06. The maximum atomic E-state index is 11.3. The van der Waals surface area contributed by atoms with Gasteiger partial charge in [0.1, 0.15) is 6.54 Å². The van der Waals surface area contributed by atoms with Crippen LogP contribution < -0.4 is 5.32 Å². The van der Waals surface area contributed by atoms with Gasteiger partial charge in [-0.15, -0.1) is 0 Å². The van der Waals surface area contributed by atoms with Crippen LogP contribution in [-0.2, 0) is 9.53 Å². The Morgan fingerprint density at radius 3 is 2.41 bits per heavy atom. The summed E-state index contributed by atoms with van der Waals surface area (Å²) in [4.78, 5) is 23.6. The number of carbonyl (C=O) groups excluding carboxylic acids is 2. The lowest BCUT2D eigenvalue weighted by Gasteiger charge is -2.15. The Bertz CT molecular complexity index is 518. The lowest BCUT2D eigenvalue weighted by Crippen LogP contribution is -2.40. The number of amides is 2. The van der Waals surface area contributed by atoms with Crippen molar-refractivity contribution in [2.75, 3.05) is 26.7 Å². The van der Waals surface area contributed by atoms with Crippen molar-refractivity contribution in [2.24, 2.45) is 0 Å². The van der Waals surface area contributed by atoms with Crippen molar-refractivity contribution in [2.45, 2.75) is 19.8 Å². The first kappa shape index (κ1) is 18.6. The van der Waals surface area contributed by atoms with E-state index < -0.39 is 5.97 Å². The molecule has 0 saturated carbocycles. The first-order chi connectivity index (χ1) is 10.4. The Morgan fingerprint density at radius 2 is 1.91 bits per heavy atom. The van der Waals surface area contributed by atoms with Gasteiger partial charge < -0.3 is 15.0 Å². The number of ether oxygens (including phenoxy) is 1. The number of nitrogens with one attached hydrogen (secondary N) is 1. The lowest BCUT2D eigenvalue weighted by atomic mass is 10.2. The SMILES string of the molecule is COC(=O)CNC(=O)N1CCCC1.Cc1ccc(Cl)cc1Cl. The van der Waals surface area contributed by atoms with Crippen molar-refractivity contribution in [3.63, 3.8) is 0 Å². The molecule has 0 aliphatic carbocycles. The van der Waals surface area contributed by atoms with Gasteiger partial charge in [0, 0.05) is 23.1 Å². The highest BCUT2D eigenvalue weighted by molar-refractivity contribution is 6.35. The summed E-state index contributed by atoms with van der Waals surface area (Å²) in [7, 11) is 1.30. The summed E-state index contributed by atoms with van der Waals surface area (Å²) < 4.78 is 4.39.